The van der Waals surface area contributed by atoms with Crippen molar-refractivity contribution >= 4 is 39.9 Å². The molecule has 1 aliphatic heterocycles. The van der Waals surface area contributed by atoms with E-state index in [2.05, 4.69) is 27.9 Å². The van der Waals surface area contributed by atoms with E-state index in [0.717, 1.165) is 3.57 Å². The number of aromatic hydroxyl groups is 1. The Bertz CT molecular complexity index is 1090. The average Bonchev–Trinajstić information content (AvgIpc) is 2.74. The molecule has 0 saturated carbocycles. The number of carbonyl (C=O) groups excluding carboxylic acids is 1. The van der Waals surface area contributed by atoms with Gasteiger partial charge in [-0.05, 0) is 71.1 Å². The van der Waals surface area contributed by atoms with Crippen LogP contribution in [0.15, 0.2) is 60.7 Å². The van der Waals surface area contributed by atoms with Crippen molar-refractivity contribution in [3.05, 3.63) is 75.4 Å². The van der Waals surface area contributed by atoms with Gasteiger partial charge >= 0.3 is 0 Å². The summed E-state index contributed by atoms with van der Waals surface area (Å²) in [6, 6.07) is 17.9. The second-order valence-electron chi connectivity index (χ2n) is 6.54. The highest BCUT2D eigenvalue weighted by atomic mass is 127. The van der Waals surface area contributed by atoms with Crippen LogP contribution >= 0.6 is 22.6 Å². The second-order valence-corrected chi connectivity index (χ2v) is 7.78. The minimum atomic E-state index is -0.628. The lowest BCUT2D eigenvalue weighted by atomic mass is 10.0. The number of rotatable bonds is 4. The SMILES string of the molecule is COc1cccc(N2C(=O)c3cc(I)ccc3N[C@@H]2c2cc(OC)ccc2O)c1. The Kier molecular flexibility index (Phi) is 5.23. The van der Waals surface area contributed by atoms with Crippen LogP contribution in [0, 0.1) is 3.57 Å². The average molecular weight is 502 g/mol. The Labute approximate surface area is 182 Å². The molecule has 1 atom stereocenters. The number of methoxy groups -OCH3 is 2. The summed E-state index contributed by atoms with van der Waals surface area (Å²) in [5.74, 6) is 1.12. The smallest absolute Gasteiger partial charge is 0.262 e. The van der Waals surface area contributed by atoms with Crippen LogP contribution in [0.1, 0.15) is 22.1 Å². The fourth-order valence-electron chi connectivity index (χ4n) is 3.40. The van der Waals surface area contributed by atoms with Crippen molar-refractivity contribution in [2.75, 3.05) is 24.4 Å². The van der Waals surface area contributed by atoms with Gasteiger partial charge < -0.3 is 19.9 Å². The Morgan fingerprint density at radius 2 is 1.76 bits per heavy atom. The van der Waals surface area contributed by atoms with Gasteiger partial charge in [0, 0.05) is 20.9 Å². The van der Waals surface area contributed by atoms with Gasteiger partial charge in [0.15, 0.2) is 0 Å². The van der Waals surface area contributed by atoms with Crippen LogP contribution in [0.2, 0.25) is 0 Å². The number of phenolic OH excluding ortho intramolecular Hbond substituents is 1. The standard InChI is InChI=1S/C22H19IN2O4/c1-28-15-5-3-4-14(11-15)25-21(18-12-16(29-2)7-9-20(18)26)24-19-8-6-13(23)10-17(19)22(25)27/h3-12,21,24,26H,1-2H3/t21-/m0/s1. The molecule has 4 rings (SSSR count). The summed E-state index contributed by atoms with van der Waals surface area (Å²) in [5, 5.41) is 14.0. The maximum Gasteiger partial charge on any atom is 0.262 e. The molecule has 3 aromatic rings. The zero-order valence-corrected chi connectivity index (χ0v) is 18.0. The molecule has 0 aromatic heterocycles. The number of amides is 1. The predicted octanol–water partition coefficient (Wildman–Crippen LogP) is 4.79. The zero-order chi connectivity index (χ0) is 20.5. The predicted molar refractivity (Wildman–Crippen MR) is 120 cm³/mol. The summed E-state index contributed by atoms with van der Waals surface area (Å²) in [6.07, 6.45) is -0.628. The summed E-state index contributed by atoms with van der Waals surface area (Å²) < 4.78 is 11.6. The van der Waals surface area contributed by atoms with Crippen LogP contribution in [-0.2, 0) is 0 Å². The van der Waals surface area contributed by atoms with Crippen molar-refractivity contribution in [3.8, 4) is 17.2 Å². The molecule has 148 valence electrons. The van der Waals surface area contributed by atoms with E-state index in [1.807, 2.05) is 36.4 Å². The van der Waals surface area contributed by atoms with Gasteiger partial charge in [0.2, 0.25) is 0 Å². The van der Waals surface area contributed by atoms with E-state index in [1.54, 1.807) is 43.4 Å². The number of fused-ring (bicyclic) bond motifs is 1. The van der Waals surface area contributed by atoms with Crippen molar-refractivity contribution in [1.82, 2.24) is 0 Å². The van der Waals surface area contributed by atoms with Crippen molar-refractivity contribution in [1.29, 1.82) is 0 Å². The van der Waals surface area contributed by atoms with Gasteiger partial charge in [-0.3, -0.25) is 9.69 Å². The van der Waals surface area contributed by atoms with E-state index in [0.29, 0.717) is 34.0 Å². The number of anilines is 2. The summed E-state index contributed by atoms with van der Waals surface area (Å²) in [5.41, 5.74) is 2.46. The molecule has 0 fully saturated rings. The van der Waals surface area contributed by atoms with Crippen LogP contribution in [-0.4, -0.2) is 25.2 Å². The van der Waals surface area contributed by atoms with Crippen molar-refractivity contribution < 1.29 is 19.4 Å². The van der Waals surface area contributed by atoms with Gasteiger partial charge in [0.1, 0.15) is 23.4 Å². The molecule has 0 radical (unpaired) electrons. The first-order chi connectivity index (χ1) is 14.0. The van der Waals surface area contributed by atoms with Crippen molar-refractivity contribution in [2.45, 2.75) is 6.17 Å². The van der Waals surface area contributed by atoms with Gasteiger partial charge in [-0.1, -0.05) is 6.07 Å². The summed E-state index contributed by atoms with van der Waals surface area (Å²) >= 11 is 2.19. The summed E-state index contributed by atoms with van der Waals surface area (Å²) in [7, 11) is 3.14. The molecular weight excluding hydrogens is 483 g/mol. The summed E-state index contributed by atoms with van der Waals surface area (Å²) in [6.45, 7) is 0. The second kappa shape index (κ2) is 7.82. The number of halogens is 1. The highest BCUT2D eigenvalue weighted by molar-refractivity contribution is 14.1. The van der Waals surface area contributed by atoms with Crippen LogP contribution in [0.25, 0.3) is 0 Å². The van der Waals surface area contributed by atoms with Gasteiger partial charge in [0.05, 0.1) is 25.5 Å². The molecule has 7 heteroatoms. The molecule has 1 heterocycles. The number of benzene rings is 3. The number of phenols is 1. The van der Waals surface area contributed by atoms with Gasteiger partial charge in [0.25, 0.3) is 5.91 Å². The molecule has 0 spiro atoms. The molecule has 0 aliphatic carbocycles. The lowest BCUT2D eigenvalue weighted by Gasteiger charge is -2.38. The largest absolute Gasteiger partial charge is 0.508 e. The Morgan fingerprint density at radius 3 is 2.52 bits per heavy atom. The highest BCUT2D eigenvalue weighted by Gasteiger charge is 2.36. The number of ether oxygens (including phenoxy) is 2. The third-order valence-corrected chi connectivity index (χ3v) is 5.51. The van der Waals surface area contributed by atoms with E-state index >= 15 is 0 Å². The van der Waals surface area contributed by atoms with Gasteiger partial charge in [-0.25, -0.2) is 0 Å². The van der Waals surface area contributed by atoms with Gasteiger partial charge in [-0.15, -0.1) is 0 Å². The number of hydrogen-bond donors (Lipinski definition) is 2. The Hall–Kier alpha value is -2.94. The number of carbonyl (C=O) groups is 1. The lowest BCUT2D eigenvalue weighted by Crippen LogP contribution is -2.43. The molecular formula is C22H19IN2O4. The lowest BCUT2D eigenvalue weighted by molar-refractivity contribution is 0.0974. The first-order valence-corrected chi connectivity index (χ1v) is 10.0. The Morgan fingerprint density at radius 1 is 1.00 bits per heavy atom. The van der Waals surface area contributed by atoms with Crippen LogP contribution in [0.3, 0.4) is 0 Å². The molecule has 1 amide bonds. The van der Waals surface area contributed by atoms with Crippen LogP contribution in [0.5, 0.6) is 17.2 Å². The Balaban J connectivity index is 1.91. The molecule has 2 N–H and O–H groups in total. The van der Waals surface area contributed by atoms with Crippen molar-refractivity contribution in [2.24, 2.45) is 0 Å². The fraction of sp³-hybridized carbons (Fsp3) is 0.136. The molecule has 29 heavy (non-hydrogen) atoms. The minimum Gasteiger partial charge on any atom is -0.508 e. The van der Waals surface area contributed by atoms with Crippen LogP contribution in [0.4, 0.5) is 11.4 Å². The minimum absolute atomic E-state index is 0.0676. The molecule has 1 aliphatic rings. The van der Waals surface area contributed by atoms with E-state index in [4.69, 9.17) is 9.47 Å². The van der Waals surface area contributed by atoms with E-state index in [9.17, 15) is 9.90 Å². The first kappa shape index (κ1) is 19.4. The third-order valence-electron chi connectivity index (χ3n) is 4.84. The molecule has 6 nitrogen and oxygen atoms in total. The fourth-order valence-corrected chi connectivity index (χ4v) is 3.89. The van der Waals surface area contributed by atoms with Crippen molar-refractivity contribution in [3.63, 3.8) is 0 Å². The number of hydrogen-bond acceptors (Lipinski definition) is 5. The zero-order valence-electron chi connectivity index (χ0n) is 15.8. The first-order valence-electron chi connectivity index (χ1n) is 8.92. The number of nitrogens with one attached hydrogen (secondary N) is 1. The molecule has 0 saturated heterocycles. The van der Waals surface area contributed by atoms with Crippen LogP contribution < -0.4 is 19.7 Å². The normalized spacial score (nSPS) is 15.5. The van der Waals surface area contributed by atoms with Gasteiger partial charge in [-0.2, -0.15) is 0 Å². The van der Waals surface area contributed by atoms with E-state index in [-0.39, 0.29) is 11.7 Å². The molecule has 3 aromatic carbocycles. The third kappa shape index (κ3) is 3.57. The number of nitrogens with zero attached hydrogens (tertiary/aromatic N) is 1. The monoisotopic (exact) mass is 502 g/mol. The molecule has 0 unspecified atom stereocenters. The maximum absolute atomic E-state index is 13.5. The quantitative estimate of drug-likeness (QED) is 0.503. The molecule has 0 bridgehead atoms. The summed E-state index contributed by atoms with van der Waals surface area (Å²) in [4.78, 5) is 15.2. The highest BCUT2D eigenvalue weighted by Crippen LogP contribution is 2.41. The van der Waals surface area contributed by atoms with E-state index < -0.39 is 6.17 Å². The van der Waals surface area contributed by atoms with E-state index in [1.165, 1.54) is 0 Å². The topological polar surface area (TPSA) is 71.0 Å². The maximum atomic E-state index is 13.5.